The van der Waals surface area contributed by atoms with Gasteiger partial charge in [-0.2, -0.15) is 0 Å². The quantitative estimate of drug-likeness (QED) is 0.719. The molecule has 1 aromatic heterocycles. The van der Waals surface area contributed by atoms with Crippen molar-refractivity contribution in [2.45, 2.75) is 0 Å². The molecule has 6 heteroatoms. The van der Waals surface area contributed by atoms with Gasteiger partial charge in [0.2, 0.25) is 0 Å². The van der Waals surface area contributed by atoms with E-state index in [-0.39, 0.29) is 5.56 Å². The molecule has 1 heterocycles. The number of halogens is 1. The molecule has 0 bridgehead atoms. The summed E-state index contributed by atoms with van der Waals surface area (Å²) in [5.74, 6) is 1.05. The molecule has 3 aromatic rings. The maximum atomic E-state index is 12.7. The standard InChI is InChI=1S/C16H13BrN2O3/c1-21-14-7-12-13(8-15(14)22-2)18-9-19(16(12)20)11-5-3-10(17)4-6-11/h3-9H,1-2H3. The molecule has 0 amide bonds. The van der Waals surface area contributed by atoms with E-state index >= 15 is 0 Å². The fraction of sp³-hybridized carbons (Fsp3) is 0.125. The normalized spacial score (nSPS) is 10.7. The molecule has 0 aliphatic heterocycles. The number of rotatable bonds is 3. The second kappa shape index (κ2) is 5.81. The molecule has 0 radical (unpaired) electrons. The van der Waals surface area contributed by atoms with E-state index < -0.39 is 0 Å². The molecule has 0 saturated heterocycles. The smallest absolute Gasteiger partial charge is 0.265 e. The van der Waals surface area contributed by atoms with Crippen molar-refractivity contribution in [2.24, 2.45) is 0 Å². The van der Waals surface area contributed by atoms with Gasteiger partial charge in [0.25, 0.3) is 5.56 Å². The van der Waals surface area contributed by atoms with Gasteiger partial charge < -0.3 is 9.47 Å². The van der Waals surface area contributed by atoms with E-state index in [1.54, 1.807) is 19.2 Å². The molecule has 0 unspecified atom stereocenters. The summed E-state index contributed by atoms with van der Waals surface area (Å²) in [6.07, 6.45) is 1.51. The first kappa shape index (κ1) is 14.6. The van der Waals surface area contributed by atoms with Crippen LogP contribution in [0, 0.1) is 0 Å². The third-order valence-corrected chi connectivity index (χ3v) is 3.90. The Morgan fingerprint density at radius 1 is 1.05 bits per heavy atom. The Balaban J connectivity index is 2.25. The van der Waals surface area contributed by atoms with E-state index in [0.29, 0.717) is 22.4 Å². The van der Waals surface area contributed by atoms with Crippen molar-refractivity contribution >= 4 is 26.8 Å². The van der Waals surface area contributed by atoms with Crippen LogP contribution in [0.4, 0.5) is 0 Å². The van der Waals surface area contributed by atoms with Crippen molar-refractivity contribution < 1.29 is 9.47 Å². The molecule has 0 atom stereocenters. The van der Waals surface area contributed by atoms with Gasteiger partial charge in [-0.25, -0.2) is 4.98 Å². The van der Waals surface area contributed by atoms with Gasteiger partial charge in [0.1, 0.15) is 6.33 Å². The lowest BCUT2D eigenvalue weighted by Gasteiger charge is -2.10. The van der Waals surface area contributed by atoms with Crippen molar-refractivity contribution in [1.29, 1.82) is 0 Å². The van der Waals surface area contributed by atoms with Crippen LogP contribution in [-0.2, 0) is 0 Å². The number of hydrogen-bond acceptors (Lipinski definition) is 4. The van der Waals surface area contributed by atoms with E-state index in [0.717, 1.165) is 10.2 Å². The van der Waals surface area contributed by atoms with Crippen LogP contribution in [0.25, 0.3) is 16.6 Å². The molecule has 0 fully saturated rings. The Morgan fingerprint density at radius 3 is 2.32 bits per heavy atom. The van der Waals surface area contributed by atoms with Gasteiger partial charge in [0, 0.05) is 10.5 Å². The zero-order valence-corrected chi connectivity index (χ0v) is 13.6. The van der Waals surface area contributed by atoms with Gasteiger partial charge in [-0.3, -0.25) is 9.36 Å². The summed E-state index contributed by atoms with van der Waals surface area (Å²) < 4.78 is 12.9. The molecule has 0 saturated carbocycles. The Labute approximate surface area is 135 Å². The first-order valence-corrected chi connectivity index (χ1v) is 7.32. The van der Waals surface area contributed by atoms with Crippen LogP contribution in [0.3, 0.4) is 0 Å². The minimum Gasteiger partial charge on any atom is -0.493 e. The number of benzene rings is 2. The highest BCUT2D eigenvalue weighted by Crippen LogP contribution is 2.30. The molecule has 2 aromatic carbocycles. The fourth-order valence-electron chi connectivity index (χ4n) is 2.23. The van der Waals surface area contributed by atoms with E-state index in [1.807, 2.05) is 24.3 Å². The maximum Gasteiger partial charge on any atom is 0.265 e. The Kier molecular flexibility index (Phi) is 3.85. The molecule has 3 rings (SSSR count). The van der Waals surface area contributed by atoms with E-state index in [1.165, 1.54) is 18.0 Å². The minimum atomic E-state index is -0.159. The van der Waals surface area contributed by atoms with E-state index in [2.05, 4.69) is 20.9 Å². The van der Waals surface area contributed by atoms with Crippen LogP contribution in [0.2, 0.25) is 0 Å². The lowest BCUT2D eigenvalue weighted by molar-refractivity contribution is 0.355. The van der Waals surface area contributed by atoms with Crippen LogP contribution in [0.15, 0.2) is 52.0 Å². The second-order valence-corrected chi connectivity index (χ2v) is 5.54. The number of fused-ring (bicyclic) bond motifs is 1. The average Bonchev–Trinajstić information content (AvgIpc) is 2.55. The molecule has 5 nitrogen and oxygen atoms in total. The summed E-state index contributed by atoms with van der Waals surface area (Å²) in [5, 5.41) is 0.475. The minimum absolute atomic E-state index is 0.159. The first-order valence-electron chi connectivity index (χ1n) is 6.53. The molecule has 0 spiro atoms. The predicted octanol–water partition coefficient (Wildman–Crippen LogP) is 3.17. The highest BCUT2D eigenvalue weighted by Gasteiger charge is 2.11. The third kappa shape index (κ3) is 2.46. The van der Waals surface area contributed by atoms with Crippen LogP contribution in [-0.4, -0.2) is 23.8 Å². The number of nitrogens with zero attached hydrogens (tertiary/aromatic N) is 2. The van der Waals surface area contributed by atoms with Crippen LogP contribution in [0.5, 0.6) is 11.5 Å². The first-order chi connectivity index (χ1) is 10.6. The summed E-state index contributed by atoms with van der Waals surface area (Å²) in [7, 11) is 3.08. The lowest BCUT2D eigenvalue weighted by Crippen LogP contribution is -2.18. The molecular formula is C16H13BrN2O3. The highest BCUT2D eigenvalue weighted by molar-refractivity contribution is 9.10. The molecular weight excluding hydrogens is 348 g/mol. The topological polar surface area (TPSA) is 53.4 Å². The van der Waals surface area contributed by atoms with Gasteiger partial charge in [0.15, 0.2) is 11.5 Å². The van der Waals surface area contributed by atoms with Crippen LogP contribution < -0.4 is 15.0 Å². The Hall–Kier alpha value is -2.34. The zero-order valence-electron chi connectivity index (χ0n) is 12.0. The zero-order chi connectivity index (χ0) is 15.7. The number of methoxy groups -OCH3 is 2. The molecule has 0 N–H and O–H groups in total. The summed E-state index contributed by atoms with van der Waals surface area (Å²) in [4.78, 5) is 17.0. The molecule has 0 aliphatic rings. The fourth-order valence-corrected chi connectivity index (χ4v) is 2.50. The highest BCUT2D eigenvalue weighted by atomic mass is 79.9. The Bertz CT molecular complexity index is 888. The van der Waals surface area contributed by atoms with Crippen LogP contribution in [0.1, 0.15) is 0 Å². The summed E-state index contributed by atoms with van der Waals surface area (Å²) in [5.41, 5.74) is 1.15. The third-order valence-electron chi connectivity index (χ3n) is 3.37. The van der Waals surface area contributed by atoms with Crippen molar-refractivity contribution in [3.63, 3.8) is 0 Å². The van der Waals surface area contributed by atoms with Gasteiger partial charge in [-0.05, 0) is 30.3 Å². The SMILES string of the molecule is COc1cc2ncn(-c3ccc(Br)cc3)c(=O)c2cc1OC. The van der Waals surface area contributed by atoms with Crippen molar-refractivity contribution in [3.8, 4) is 17.2 Å². The summed E-state index contributed by atoms with van der Waals surface area (Å²) in [6, 6.07) is 10.8. The summed E-state index contributed by atoms with van der Waals surface area (Å²) >= 11 is 3.38. The largest absolute Gasteiger partial charge is 0.493 e. The maximum absolute atomic E-state index is 12.7. The second-order valence-electron chi connectivity index (χ2n) is 4.62. The number of aromatic nitrogens is 2. The lowest BCUT2D eigenvalue weighted by atomic mass is 10.2. The predicted molar refractivity (Wildman–Crippen MR) is 88.1 cm³/mol. The van der Waals surface area contributed by atoms with Crippen molar-refractivity contribution in [3.05, 3.63) is 57.6 Å². The summed E-state index contributed by atoms with van der Waals surface area (Å²) in [6.45, 7) is 0. The van der Waals surface area contributed by atoms with Gasteiger partial charge in [-0.1, -0.05) is 15.9 Å². The molecule has 112 valence electrons. The van der Waals surface area contributed by atoms with Crippen molar-refractivity contribution in [2.75, 3.05) is 14.2 Å². The van der Waals surface area contributed by atoms with Gasteiger partial charge >= 0.3 is 0 Å². The monoisotopic (exact) mass is 360 g/mol. The Morgan fingerprint density at radius 2 is 1.68 bits per heavy atom. The van der Waals surface area contributed by atoms with Crippen molar-refractivity contribution in [1.82, 2.24) is 9.55 Å². The van der Waals surface area contributed by atoms with Crippen LogP contribution >= 0.6 is 15.9 Å². The van der Waals surface area contributed by atoms with Gasteiger partial charge in [-0.15, -0.1) is 0 Å². The molecule has 0 aliphatic carbocycles. The average molecular weight is 361 g/mol. The van der Waals surface area contributed by atoms with E-state index in [9.17, 15) is 4.79 Å². The van der Waals surface area contributed by atoms with Gasteiger partial charge in [0.05, 0.1) is 30.8 Å². The molecule has 22 heavy (non-hydrogen) atoms. The number of ether oxygens (including phenoxy) is 2. The number of hydrogen-bond donors (Lipinski definition) is 0. The van der Waals surface area contributed by atoms with E-state index in [4.69, 9.17) is 9.47 Å².